The minimum absolute atomic E-state index is 0.0243. The first-order valence-corrected chi connectivity index (χ1v) is 42.2. The molecule has 2 fully saturated rings. The van der Waals surface area contributed by atoms with Gasteiger partial charge in [0.25, 0.3) is 22.6 Å². The summed E-state index contributed by atoms with van der Waals surface area (Å²) in [4.78, 5) is 90.3. The minimum Gasteiger partial charge on any atom is -0.494 e. The Balaban J connectivity index is 0.000000116. The van der Waals surface area contributed by atoms with Crippen molar-refractivity contribution in [3.63, 3.8) is 0 Å². The van der Waals surface area contributed by atoms with Crippen LogP contribution in [0.4, 0.5) is 40.6 Å². The Kier molecular flexibility index (Phi) is 20.9. The highest BCUT2D eigenvalue weighted by atomic mass is 16.5. The van der Waals surface area contributed by atoms with Crippen molar-refractivity contribution in [3.8, 4) is 34.3 Å². The van der Waals surface area contributed by atoms with Crippen molar-refractivity contribution in [2.24, 2.45) is 0 Å². The van der Waals surface area contributed by atoms with Crippen molar-refractivity contribution in [2.45, 2.75) is 104 Å². The number of ether oxygens (including phenoxy) is 3. The molecule has 29 nitrogen and oxygen atoms in total. The molecule has 22 rings (SSSR count). The van der Waals surface area contributed by atoms with Crippen LogP contribution in [0.1, 0.15) is 63.5 Å². The number of fused-ring (bicyclic) bond motifs is 22. The lowest BCUT2D eigenvalue weighted by Gasteiger charge is -2.30. The molecule has 0 atom stereocenters. The third kappa shape index (κ3) is 15.5. The van der Waals surface area contributed by atoms with Crippen molar-refractivity contribution in [1.29, 1.82) is 0 Å². The van der Waals surface area contributed by atoms with Crippen LogP contribution in [0, 0.1) is 0 Å². The number of benzene rings is 6. The number of hydrogen-bond acceptors (Lipinski definition) is 19. The fraction of sp³-hybridized carbons (Fsp3) is 0.304. The van der Waals surface area contributed by atoms with E-state index >= 15 is 0 Å². The molecule has 7 aliphatic heterocycles. The second-order valence-electron chi connectivity index (χ2n) is 31.9. The monoisotopic (exact) mass is 1620 g/mol. The zero-order valence-corrected chi connectivity index (χ0v) is 67.6. The van der Waals surface area contributed by atoms with Gasteiger partial charge in [-0.3, -0.25) is 24.1 Å². The van der Waals surface area contributed by atoms with Crippen LogP contribution in [-0.4, -0.2) is 172 Å². The van der Waals surface area contributed by atoms with Crippen molar-refractivity contribution in [1.82, 2.24) is 86.4 Å². The Labute approximate surface area is 695 Å². The third-order valence-electron chi connectivity index (χ3n) is 23.8. The van der Waals surface area contributed by atoms with Crippen molar-refractivity contribution < 1.29 is 19.0 Å². The number of likely N-dealkylation sites (tertiary alicyclic amines) is 2. The highest BCUT2D eigenvalue weighted by molar-refractivity contribution is 5.98. The van der Waals surface area contributed by atoms with E-state index in [1.165, 1.54) is 73.1 Å². The van der Waals surface area contributed by atoms with E-state index in [1.807, 2.05) is 105 Å². The zero-order valence-electron chi connectivity index (χ0n) is 67.6. The number of carbonyl (C=O) groups excluding carboxylic acids is 1. The van der Waals surface area contributed by atoms with Gasteiger partial charge in [0.2, 0.25) is 17.8 Å². The standard InChI is InChI=1S/C31H30N8O3.C31H33N7O2.C30H31N7O2/c1-35-12-13-36-23(18-35)15-20-14-21(6-8-25(20)36)33-31-32-17-24-29(34-31)39-22-7-9-27-26(16-22)37(28(40)19-42-27)10-4-2-3-5-11-38(39)30(24)41;39-30-27-22-32-31(33-24-10-11-28-23(20-24)12-16-36(28)18-17-35-13-4-5-14-35)34-29(27)38-25-8-7-9-26(21-25)40-19-6-2-1-3-15-37(30)38;38-29-26-21-31-30(32-23-9-10-27-22(19-23)11-15-35(27)17-16-34-12-6-13-34)33-28(26)37-24-7-5-8-25(20-24)39-18-4-2-1-3-14-36(29)37/h3,5-9,14-17H,2,4,10-13,18-19H2,1H3,(H,32,33,34);1,3,7-12,16,20-22H,2,4-6,13-15,17-19H2,(H,32,33,34);1,3,5,7-11,15,19-21H,2,4,6,12-14,16-18H2,(H,31,32,33). The predicted octanol–water partition coefficient (Wildman–Crippen LogP) is 13.6. The first-order chi connectivity index (χ1) is 59.5. The molecule has 2 saturated heterocycles. The van der Waals surface area contributed by atoms with E-state index in [-0.39, 0.29) is 29.2 Å². The fourth-order valence-electron chi connectivity index (χ4n) is 17.4. The molecule has 7 aliphatic rings. The Morgan fingerprint density at radius 1 is 0.413 bits per heavy atom. The lowest BCUT2D eigenvalue weighted by atomic mass is 10.1. The maximum atomic E-state index is 13.6. The van der Waals surface area contributed by atoms with Crippen molar-refractivity contribution in [3.05, 3.63) is 244 Å². The topological polar surface area (TPSA) is 267 Å². The van der Waals surface area contributed by atoms with E-state index in [2.05, 4.69) is 164 Å². The number of carbonyl (C=O) groups is 1. The second-order valence-corrected chi connectivity index (χ2v) is 31.9. The van der Waals surface area contributed by atoms with Crippen LogP contribution in [0.5, 0.6) is 17.2 Å². The van der Waals surface area contributed by atoms with Crippen molar-refractivity contribution >= 4 is 112 Å². The maximum absolute atomic E-state index is 13.6. The number of aromatic nitrogens is 15. The van der Waals surface area contributed by atoms with E-state index in [0.29, 0.717) is 107 Å². The molecular formula is C92H94N22O7. The van der Waals surface area contributed by atoms with Crippen LogP contribution in [0.2, 0.25) is 0 Å². The largest absolute Gasteiger partial charge is 0.494 e. The van der Waals surface area contributed by atoms with Gasteiger partial charge in [-0.15, -0.1) is 0 Å². The first-order valence-electron chi connectivity index (χ1n) is 42.2. The van der Waals surface area contributed by atoms with Crippen molar-refractivity contribution in [2.75, 3.05) is 100 Å². The molecule has 0 radical (unpaired) electrons. The number of hydrogen-bond donors (Lipinski definition) is 3. The third-order valence-corrected chi connectivity index (χ3v) is 23.8. The molecule has 6 bridgehead atoms. The van der Waals surface area contributed by atoms with Crippen LogP contribution < -0.4 is 51.7 Å². The normalized spacial score (nSPS) is 16.3. The van der Waals surface area contributed by atoms with E-state index in [9.17, 15) is 19.2 Å². The van der Waals surface area contributed by atoms with Crippen LogP contribution in [0.3, 0.4) is 0 Å². The molecule has 29 heteroatoms. The first kappa shape index (κ1) is 76.1. The summed E-state index contributed by atoms with van der Waals surface area (Å²) >= 11 is 0. The van der Waals surface area contributed by atoms with Gasteiger partial charge in [-0.05, 0) is 206 Å². The number of anilines is 7. The average molecular weight is 1620 g/mol. The Morgan fingerprint density at radius 2 is 0.893 bits per heavy atom. The van der Waals surface area contributed by atoms with Gasteiger partial charge >= 0.3 is 0 Å². The summed E-state index contributed by atoms with van der Waals surface area (Å²) in [5, 5.41) is 14.9. The number of likely N-dealkylation sites (N-methyl/N-ethyl adjacent to an activating group) is 1. The predicted molar refractivity (Wildman–Crippen MR) is 472 cm³/mol. The molecule has 15 aromatic rings. The van der Waals surface area contributed by atoms with Gasteiger partial charge in [0.1, 0.15) is 33.4 Å². The second kappa shape index (κ2) is 33.3. The van der Waals surface area contributed by atoms with Gasteiger partial charge in [0.05, 0.1) is 55.6 Å². The molecule has 0 aliphatic carbocycles. The number of amides is 1. The number of nitrogens with one attached hydrogen (secondary N) is 3. The van der Waals surface area contributed by atoms with Crippen LogP contribution in [0.15, 0.2) is 221 Å². The number of allylic oxidation sites excluding steroid dienone is 6. The Bertz CT molecular complexity index is 6750. The summed E-state index contributed by atoms with van der Waals surface area (Å²) in [5.41, 5.74) is 11.9. The smallest absolute Gasteiger partial charge is 0.278 e. The molecule has 1 amide bonds. The molecule has 0 spiro atoms. The van der Waals surface area contributed by atoms with E-state index < -0.39 is 0 Å². The van der Waals surface area contributed by atoms with Gasteiger partial charge in [-0.25, -0.2) is 43.0 Å². The van der Waals surface area contributed by atoms with Crippen LogP contribution in [0.25, 0.3) is 82.9 Å². The summed E-state index contributed by atoms with van der Waals surface area (Å²) in [6.45, 7) is 15.2. The van der Waals surface area contributed by atoms with E-state index in [4.69, 9.17) is 29.2 Å². The highest BCUT2D eigenvalue weighted by Crippen LogP contribution is 2.37. The van der Waals surface area contributed by atoms with Gasteiger partial charge in [0, 0.05) is 151 Å². The quantitative estimate of drug-likeness (QED) is 0.0959. The van der Waals surface area contributed by atoms with Crippen LogP contribution >= 0.6 is 0 Å². The fourth-order valence-corrected chi connectivity index (χ4v) is 17.4. The molecule has 121 heavy (non-hydrogen) atoms. The number of rotatable bonds is 12. The number of nitrogens with zero attached hydrogens (tertiary/aromatic N) is 19. The molecule has 0 unspecified atom stereocenters. The molecule has 0 saturated carbocycles. The van der Waals surface area contributed by atoms with E-state index in [0.717, 1.165) is 135 Å². The van der Waals surface area contributed by atoms with Gasteiger partial charge in [-0.1, -0.05) is 48.6 Å². The summed E-state index contributed by atoms with van der Waals surface area (Å²) < 4.78 is 35.3. The minimum atomic E-state index is -0.175. The van der Waals surface area contributed by atoms with E-state index in [1.54, 1.807) is 37.5 Å². The molecular weight excluding hydrogens is 1530 g/mol. The summed E-state index contributed by atoms with van der Waals surface area (Å²) in [7, 11) is 2.15. The van der Waals surface area contributed by atoms with Gasteiger partial charge < -0.3 is 58.6 Å². The summed E-state index contributed by atoms with van der Waals surface area (Å²) in [6.07, 6.45) is 30.7. The molecule has 16 heterocycles. The Morgan fingerprint density at radius 3 is 1.40 bits per heavy atom. The highest BCUT2D eigenvalue weighted by Gasteiger charge is 2.29. The Hall–Kier alpha value is -13.6. The maximum Gasteiger partial charge on any atom is 0.278 e. The lowest BCUT2D eigenvalue weighted by Crippen LogP contribution is -2.39. The summed E-state index contributed by atoms with van der Waals surface area (Å²) in [5.74, 6) is 3.40. The zero-order chi connectivity index (χ0) is 81.4. The lowest BCUT2D eigenvalue weighted by molar-refractivity contribution is -0.121. The summed E-state index contributed by atoms with van der Waals surface area (Å²) in [6, 6.07) is 46.8. The van der Waals surface area contributed by atoms with Gasteiger partial charge in [-0.2, -0.15) is 15.0 Å². The van der Waals surface area contributed by atoms with Gasteiger partial charge in [0.15, 0.2) is 23.5 Å². The SMILES string of the molecule is CN1CCn2c(cc3cc(Nc4ncc5c(=O)n6n(c5n4)-c4ccc5c(c4)N(CCCC=CC6)C(=O)CO5)ccc32)C1.O=c1c2cnc(Nc3ccc4c(ccn4CCN4CCC4)c3)nc2n2n1CC=CCCCOc1cccc-2c1.O=c1c2cnc(Nc3ccc4c(ccn4CCN4CCCC4)c3)nc2n2n1CC=CCCCOc1cccc-2c1. The molecule has 6 aromatic carbocycles. The average Bonchev–Trinajstić information content (AvgIpc) is 1.63. The molecule has 3 N–H and O–H groups in total. The van der Waals surface area contributed by atoms with Crippen LogP contribution in [-0.2, 0) is 50.6 Å². The molecule has 9 aromatic heterocycles. The molecule has 614 valence electrons.